The number of nitro groups is 1. The number of carbonyl (C=O) groups excluding carboxylic acids is 2. The van der Waals surface area contributed by atoms with E-state index in [4.69, 9.17) is 11.6 Å². The lowest BCUT2D eigenvalue weighted by molar-refractivity contribution is -0.384. The second-order valence-electron chi connectivity index (χ2n) is 3.62. The summed E-state index contributed by atoms with van der Waals surface area (Å²) in [5.74, 6) is -0.454. The molecule has 1 aliphatic heterocycles. The van der Waals surface area contributed by atoms with E-state index in [-0.39, 0.29) is 17.3 Å². The van der Waals surface area contributed by atoms with Crippen LogP contribution in [-0.2, 0) is 4.79 Å². The molecule has 1 aromatic carbocycles. The fourth-order valence-corrected chi connectivity index (χ4v) is 1.60. The molecule has 1 N–H and O–H groups in total. The number of nitro benzene ring substituents is 1. The molecule has 1 aromatic rings. The van der Waals surface area contributed by atoms with Crippen LogP contribution in [0.2, 0.25) is 5.02 Å². The minimum Gasteiger partial charge on any atom is -0.275 e. The maximum absolute atomic E-state index is 11.2. The Morgan fingerprint density at radius 2 is 2.21 bits per heavy atom. The minimum atomic E-state index is -0.635. The quantitative estimate of drug-likeness (QED) is 0.388. The van der Waals surface area contributed by atoms with E-state index in [1.165, 1.54) is 24.4 Å². The van der Waals surface area contributed by atoms with Gasteiger partial charge in [-0.15, -0.1) is 0 Å². The first-order valence-corrected chi connectivity index (χ1v) is 5.44. The maximum atomic E-state index is 11.2. The predicted molar refractivity (Wildman–Crippen MR) is 65.9 cm³/mol. The van der Waals surface area contributed by atoms with Crippen molar-refractivity contribution in [3.05, 3.63) is 38.9 Å². The molecular formula is C10H7ClN4O4. The molecule has 1 saturated heterocycles. The Morgan fingerprint density at radius 3 is 2.79 bits per heavy atom. The van der Waals surface area contributed by atoms with E-state index in [2.05, 4.69) is 5.10 Å². The highest BCUT2D eigenvalue weighted by molar-refractivity contribution is 6.32. The predicted octanol–water partition coefficient (Wildman–Crippen LogP) is 1.13. The SMILES string of the molecule is O=C1CN(/N=C/c2ccc(Cl)c([N+](=O)[O-])c2)C(=O)N1. The molecule has 0 atom stereocenters. The first kappa shape index (κ1) is 13.0. The van der Waals surface area contributed by atoms with Gasteiger partial charge in [0, 0.05) is 11.6 Å². The van der Waals surface area contributed by atoms with Crippen LogP contribution in [-0.4, -0.2) is 34.6 Å². The van der Waals surface area contributed by atoms with Gasteiger partial charge >= 0.3 is 6.03 Å². The van der Waals surface area contributed by atoms with Crippen molar-refractivity contribution in [1.82, 2.24) is 10.3 Å². The van der Waals surface area contributed by atoms with Crippen LogP contribution in [0.15, 0.2) is 23.3 Å². The van der Waals surface area contributed by atoms with Crippen LogP contribution in [0.5, 0.6) is 0 Å². The van der Waals surface area contributed by atoms with Gasteiger partial charge in [-0.3, -0.25) is 20.2 Å². The van der Waals surface area contributed by atoms with Gasteiger partial charge in [0.1, 0.15) is 11.6 Å². The van der Waals surface area contributed by atoms with Crippen molar-refractivity contribution in [2.24, 2.45) is 5.10 Å². The third-order valence-electron chi connectivity index (χ3n) is 2.29. The maximum Gasteiger partial charge on any atom is 0.344 e. The average Bonchev–Trinajstić information content (AvgIpc) is 2.66. The van der Waals surface area contributed by atoms with Crippen LogP contribution in [0.3, 0.4) is 0 Å². The van der Waals surface area contributed by atoms with Gasteiger partial charge in [-0.05, 0) is 6.07 Å². The standard InChI is InChI=1S/C10H7ClN4O4/c11-7-2-1-6(3-8(7)15(18)19)4-12-14-5-9(16)13-10(14)17/h1-4H,5H2,(H,13,16,17)/b12-4+. The van der Waals surface area contributed by atoms with E-state index >= 15 is 0 Å². The lowest BCUT2D eigenvalue weighted by Gasteiger charge is -2.04. The lowest BCUT2D eigenvalue weighted by atomic mass is 10.2. The Hall–Kier alpha value is -2.48. The number of rotatable bonds is 3. The number of nitrogens with one attached hydrogen (secondary N) is 1. The van der Waals surface area contributed by atoms with Crippen LogP contribution in [0.1, 0.15) is 5.56 Å². The molecular weight excluding hydrogens is 276 g/mol. The van der Waals surface area contributed by atoms with Crippen molar-refractivity contribution in [2.75, 3.05) is 6.54 Å². The summed E-state index contributed by atoms with van der Waals surface area (Å²) < 4.78 is 0. The van der Waals surface area contributed by atoms with Gasteiger partial charge in [0.15, 0.2) is 0 Å². The lowest BCUT2D eigenvalue weighted by Crippen LogP contribution is -2.24. The largest absolute Gasteiger partial charge is 0.344 e. The second kappa shape index (κ2) is 5.02. The van der Waals surface area contributed by atoms with Gasteiger partial charge < -0.3 is 0 Å². The Balaban J connectivity index is 2.20. The van der Waals surface area contributed by atoms with Gasteiger partial charge in [0.05, 0.1) is 11.1 Å². The van der Waals surface area contributed by atoms with Crippen molar-refractivity contribution in [3.8, 4) is 0 Å². The molecule has 98 valence electrons. The summed E-state index contributed by atoms with van der Waals surface area (Å²) in [5.41, 5.74) is 0.135. The summed E-state index contributed by atoms with van der Waals surface area (Å²) in [5, 5.41) is 17.4. The van der Waals surface area contributed by atoms with Gasteiger partial charge in [-0.2, -0.15) is 5.10 Å². The molecule has 1 aliphatic rings. The number of hydrazone groups is 1. The smallest absolute Gasteiger partial charge is 0.275 e. The number of urea groups is 1. The number of imide groups is 1. The summed E-state index contributed by atoms with van der Waals surface area (Å²) in [4.78, 5) is 32.2. The topological polar surface area (TPSA) is 105 Å². The van der Waals surface area contributed by atoms with Crippen molar-refractivity contribution in [2.45, 2.75) is 0 Å². The summed E-state index contributed by atoms with van der Waals surface area (Å²) in [6.45, 7) is -0.176. The van der Waals surface area contributed by atoms with Crippen LogP contribution >= 0.6 is 11.6 Å². The monoisotopic (exact) mass is 282 g/mol. The number of nitrogens with zero attached hydrogens (tertiary/aromatic N) is 3. The molecule has 0 unspecified atom stereocenters. The van der Waals surface area contributed by atoms with Crippen molar-refractivity contribution >= 4 is 35.4 Å². The molecule has 0 aliphatic carbocycles. The van der Waals surface area contributed by atoms with E-state index in [9.17, 15) is 19.7 Å². The molecule has 0 radical (unpaired) electrons. The molecule has 3 amide bonds. The van der Waals surface area contributed by atoms with Gasteiger partial charge in [-0.1, -0.05) is 17.7 Å². The molecule has 0 bridgehead atoms. The molecule has 0 spiro atoms. The fraction of sp³-hybridized carbons (Fsp3) is 0.100. The van der Waals surface area contributed by atoms with E-state index in [0.29, 0.717) is 5.56 Å². The highest BCUT2D eigenvalue weighted by Crippen LogP contribution is 2.24. The normalized spacial score (nSPS) is 15.1. The van der Waals surface area contributed by atoms with Crippen LogP contribution in [0.25, 0.3) is 0 Å². The second-order valence-corrected chi connectivity index (χ2v) is 4.03. The average molecular weight is 283 g/mol. The third kappa shape index (κ3) is 2.86. The van der Waals surface area contributed by atoms with Crippen molar-refractivity contribution in [1.29, 1.82) is 0 Å². The summed E-state index contributed by atoms with van der Waals surface area (Å²) in [7, 11) is 0. The number of amides is 3. The minimum absolute atomic E-state index is 0.0104. The van der Waals surface area contributed by atoms with E-state index < -0.39 is 16.9 Å². The summed E-state index contributed by atoms with van der Waals surface area (Å²) in [6.07, 6.45) is 1.24. The van der Waals surface area contributed by atoms with Gasteiger partial charge in [0.2, 0.25) is 5.91 Å². The molecule has 1 fully saturated rings. The number of hydrogen-bond acceptors (Lipinski definition) is 5. The van der Waals surface area contributed by atoms with Crippen molar-refractivity contribution < 1.29 is 14.5 Å². The number of carbonyl (C=O) groups is 2. The zero-order valence-electron chi connectivity index (χ0n) is 9.37. The molecule has 9 heteroatoms. The zero-order valence-corrected chi connectivity index (χ0v) is 10.1. The Bertz CT molecular complexity index is 601. The number of benzene rings is 1. The molecule has 0 saturated carbocycles. The van der Waals surface area contributed by atoms with Gasteiger partial charge in [-0.25, -0.2) is 9.80 Å². The van der Waals surface area contributed by atoms with Crippen LogP contribution < -0.4 is 5.32 Å². The first-order chi connectivity index (χ1) is 8.97. The third-order valence-corrected chi connectivity index (χ3v) is 2.61. The van der Waals surface area contributed by atoms with E-state index in [1.54, 1.807) is 0 Å². The van der Waals surface area contributed by atoms with E-state index in [0.717, 1.165) is 5.01 Å². The Morgan fingerprint density at radius 1 is 1.47 bits per heavy atom. The fourth-order valence-electron chi connectivity index (χ4n) is 1.41. The van der Waals surface area contributed by atoms with Crippen LogP contribution in [0.4, 0.5) is 10.5 Å². The Labute approximate surface area is 111 Å². The highest BCUT2D eigenvalue weighted by atomic mass is 35.5. The first-order valence-electron chi connectivity index (χ1n) is 5.06. The van der Waals surface area contributed by atoms with Crippen LogP contribution in [0, 0.1) is 10.1 Å². The molecule has 2 rings (SSSR count). The number of halogens is 1. The molecule has 0 aromatic heterocycles. The van der Waals surface area contributed by atoms with Crippen molar-refractivity contribution in [3.63, 3.8) is 0 Å². The summed E-state index contributed by atoms with van der Waals surface area (Å²) in [6, 6.07) is 3.46. The number of hydrogen-bond donors (Lipinski definition) is 1. The van der Waals surface area contributed by atoms with Gasteiger partial charge in [0.25, 0.3) is 5.69 Å². The summed E-state index contributed by atoms with van der Waals surface area (Å²) >= 11 is 5.66. The zero-order chi connectivity index (χ0) is 14.0. The molecule has 8 nitrogen and oxygen atoms in total. The highest BCUT2D eigenvalue weighted by Gasteiger charge is 2.25. The van der Waals surface area contributed by atoms with E-state index in [1.807, 2.05) is 5.32 Å². The Kier molecular flexibility index (Phi) is 3.43. The molecule has 19 heavy (non-hydrogen) atoms. The molecule has 1 heterocycles.